The third-order valence-corrected chi connectivity index (χ3v) is 8.66. The van der Waals surface area contributed by atoms with Gasteiger partial charge < -0.3 is 24.8 Å². The molecule has 2 aromatic carbocycles. The Kier molecular flexibility index (Phi) is 12.2. The van der Waals surface area contributed by atoms with Crippen LogP contribution >= 0.6 is 23.2 Å². The molecule has 0 saturated heterocycles. The Bertz CT molecular complexity index is 1530. The molecule has 0 unspecified atom stereocenters. The van der Waals surface area contributed by atoms with Crippen molar-refractivity contribution in [3.8, 4) is 23.3 Å². The highest BCUT2D eigenvalue weighted by atomic mass is 35.5. The Hall–Kier alpha value is -4.02. The number of benzene rings is 2. The fraction of sp³-hybridized carbons (Fsp3) is 0.333. The lowest BCUT2D eigenvalue weighted by Gasteiger charge is -2.30. The van der Waals surface area contributed by atoms with Gasteiger partial charge in [-0.2, -0.15) is 0 Å². The van der Waals surface area contributed by atoms with Gasteiger partial charge in [-0.25, -0.2) is 14.8 Å². The lowest BCUT2D eigenvalue weighted by atomic mass is 10.2. The minimum absolute atomic E-state index is 0.116. The molecule has 0 aliphatic heterocycles. The van der Waals surface area contributed by atoms with Crippen LogP contribution in [0.25, 0.3) is 0 Å². The summed E-state index contributed by atoms with van der Waals surface area (Å²) >= 11 is 13.4. The molecule has 0 radical (unpaired) electrons. The van der Waals surface area contributed by atoms with Gasteiger partial charge in [0.15, 0.2) is 0 Å². The highest BCUT2D eigenvalue weighted by molar-refractivity contribution is 6.76. The third kappa shape index (κ3) is 9.00. The summed E-state index contributed by atoms with van der Waals surface area (Å²) in [5.74, 6) is 5.75. The first-order valence-corrected chi connectivity index (χ1v) is 18.0. The molecule has 0 spiro atoms. The maximum absolute atomic E-state index is 14.1. The molecule has 0 atom stereocenters. The van der Waals surface area contributed by atoms with E-state index in [0.717, 1.165) is 6.04 Å². The van der Waals surface area contributed by atoms with E-state index in [2.05, 4.69) is 52.1 Å². The number of methoxy groups -OCH3 is 2. The van der Waals surface area contributed by atoms with Crippen molar-refractivity contribution in [2.24, 2.45) is 0 Å². The highest BCUT2D eigenvalue weighted by Crippen LogP contribution is 2.46. The highest BCUT2D eigenvalue weighted by Gasteiger charge is 2.30. The van der Waals surface area contributed by atoms with Crippen LogP contribution in [0.5, 0.6) is 11.5 Å². The molecule has 0 aliphatic carbocycles. The number of nitrogens with one attached hydrogen (secondary N) is 2. The molecule has 0 aliphatic rings. The number of carbonyl (C=O) groups is 2. The number of amides is 3. The minimum Gasteiger partial charge on any atom is -0.495 e. The van der Waals surface area contributed by atoms with E-state index in [-0.39, 0.29) is 39.8 Å². The number of anilines is 5. The zero-order valence-corrected chi connectivity index (χ0v) is 28.3. The van der Waals surface area contributed by atoms with E-state index < -0.39 is 20.0 Å². The second-order valence-corrected chi connectivity index (χ2v) is 17.0. The maximum atomic E-state index is 14.1. The van der Waals surface area contributed by atoms with Crippen molar-refractivity contribution in [2.75, 3.05) is 55.0 Å². The second-order valence-electron chi connectivity index (χ2n) is 10.6. The predicted octanol–water partition coefficient (Wildman–Crippen LogP) is 6.88. The number of carbonyl (C=O) groups excluding carboxylic acids is 2. The molecule has 3 amide bonds. The van der Waals surface area contributed by atoms with Crippen molar-refractivity contribution in [1.29, 1.82) is 0 Å². The van der Waals surface area contributed by atoms with Crippen LogP contribution in [0.4, 0.5) is 33.5 Å². The zero-order chi connectivity index (χ0) is 32.4. The van der Waals surface area contributed by atoms with E-state index in [1.165, 1.54) is 30.3 Å². The van der Waals surface area contributed by atoms with Gasteiger partial charge in [0.25, 0.3) is 5.91 Å². The molecule has 0 fully saturated rings. The smallest absolute Gasteiger partial charge is 0.331 e. The number of rotatable bonds is 12. The monoisotopic (exact) mass is 658 g/mol. The number of hydrogen-bond donors (Lipinski definition) is 2. The van der Waals surface area contributed by atoms with Gasteiger partial charge in [0.05, 0.1) is 31.3 Å². The quantitative estimate of drug-likeness (QED) is 0.0936. The lowest BCUT2D eigenvalue weighted by Crippen LogP contribution is -2.43. The number of para-hydroxylation sites is 2. The maximum Gasteiger partial charge on any atom is 0.331 e. The molecule has 0 bridgehead atoms. The Labute approximate surface area is 268 Å². The summed E-state index contributed by atoms with van der Waals surface area (Å²) < 4.78 is 16.8. The summed E-state index contributed by atoms with van der Waals surface area (Å²) in [6.07, 6.45) is 1.31. The zero-order valence-electron chi connectivity index (χ0n) is 25.7. The van der Waals surface area contributed by atoms with Crippen LogP contribution in [-0.2, 0) is 9.53 Å². The van der Waals surface area contributed by atoms with Crippen LogP contribution in [0.2, 0.25) is 35.7 Å². The van der Waals surface area contributed by atoms with E-state index in [1.807, 2.05) is 0 Å². The number of halogens is 2. The first kappa shape index (κ1) is 34.5. The molecule has 1 heterocycles. The van der Waals surface area contributed by atoms with Gasteiger partial charge in [-0.1, -0.05) is 60.9 Å². The van der Waals surface area contributed by atoms with Gasteiger partial charge in [-0.15, -0.1) is 0 Å². The first-order valence-electron chi connectivity index (χ1n) is 13.5. The molecule has 14 heteroatoms. The standard InChI is InChI=1S/C30H36Cl2N6O5Si/c1-8-11-26(39)36-21-13-10-9-12-20(21)35-24-17-25(34-18-33-24)37(2)30(40)38(19-43-14-15-44(5,6)7)29-27(31)22(41-3)16-23(42-4)28(29)32/h9-10,12-13,16-18H,14-15,19H2,1-7H3,(H,36,39)(H,33,34,35). The average molecular weight is 660 g/mol. The average Bonchev–Trinajstić information content (AvgIpc) is 2.98. The summed E-state index contributed by atoms with van der Waals surface area (Å²) in [5, 5.41) is 6.13. The van der Waals surface area contributed by atoms with Crippen LogP contribution < -0.4 is 29.9 Å². The van der Waals surface area contributed by atoms with E-state index in [9.17, 15) is 9.59 Å². The minimum atomic E-state index is -1.40. The topological polar surface area (TPSA) is 118 Å². The van der Waals surface area contributed by atoms with Crippen LogP contribution in [0.3, 0.4) is 0 Å². The van der Waals surface area contributed by atoms with Crippen molar-refractivity contribution < 1.29 is 23.8 Å². The molecule has 11 nitrogen and oxygen atoms in total. The van der Waals surface area contributed by atoms with Crippen LogP contribution in [0.15, 0.2) is 42.7 Å². The van der Waals surface area contributed by atoms with Crippen LogP contribution in [0, 0.1) is 11.8 Å². The summed E-state index contributed by atoms with van der Waals surface area (Å²) in [6, 6.07) is 10.6. The molecule has 0 saturated carbocycles. The first-order chi connectivity index (χ1) is 20.9. The number of ether oxygens (including phenoxy) is 3. The molecule has 2 N–H and O–H groups in total. The van der Waals surface area contributed by atoms with E-state index in [1.54, 1.807) is 50.4 Å². The molecule has 3 aromatic rings. The third-order valence-electron chi connectivity index (χ3n) is 6.23. The summed E-state index contributed by atoms with van der Waals surface area (Å²) in [4.78, 5) is 37.4. The molecular formula is C30H36Cl2N6O5Si. The van der Waals surface area contributed by atoms with Crippen molar-refractivity contribution in [3.05, 3.63) is 52.8 Å². The number of urea groups is 1. The number of nitrogens with zero attached hydrogens (tertiary/aromatic N) is 4. The molecular weight excluding hydrogens is 623 g/mol. The largest absolute Gasteiger partial charge is 0.495 e. The van der Waals surface area contributed by atoms with Gasteiger partial charge in [-0.05, 0) is 31.0 Å². The Morgan fingerprint density at radius 1 is 1.00 bits per heavy atom. The fourth-order valence-electron chi connectivity index (χ4n) is 3.84. The number of aromatic nitrogens is 2. The normalized spacial score (nSPS) is 10.8. The summed E-state index contributed by atoms with van der Waals surface area (Å²) in [5.41, 5.74) is 1.24. The van der Waals surface area contributed by atoms with Gasteiger partial charge in [0.1, 0.15) is 46.2 Å². The predicted molar refractivity (Wildman–Crippen MR) is 179 cm³/mol. The Morgan fingerprint density at radius 3 is 2.23 bits per heavy atom. The fourth-order valence-corrected chi connectivity index (χ4v) is 5.30. The van der Waals surface area contributed by atoms with Gasteiger partial charge in [-0.3, -0.25) is 14.6 Å². The van der Waals surface area contributed by atoms with Gasteiger partial charge in [0, 0.05) is 33.9 Å². The molecule has 3 rings (SSSR count). The summed E-state index contributed by atoms with van der Waals surface area (Å²) in [6.45, 7) is 8.59. The Morgan fingerprint density at radius 2 is 1.64 bits per heavy atom. The van der Waals surface area contributed by atoms with E-state index in [4.69, 9.17) is 37.4 Å². The van der Waals surface area contributed by atoms with Crippen LogP contribution in [-0.4, -0.2) is 64.6 Å². The van der Waals surface area contributed by atoms with Crippen LogP contribution in [0.1, 0.15) is 6.92 Å². The van der Waals surface area contributed by atoms with E-state index >= 15 is 0 Å². The van der Waals surface area contributed by atoms with Crippen molar-refractivity contribution >= 4 is 71.9 Å². The van der Waals surface area contributed by atoms with Crippen molar-refractivity contribution in [3.63, 3.8) is 0 Å². The second kappa shape index (κ2) is 15.6. The Balaban J connectivity index is 1.95. The van der Waals surface area contributed by atoms with E-state index in [0.29, 0.717) is 23.8 Å². The lowest BCUT2D eigenvalue weighted by molar-refractivity contribution is -0.111. The molecule has 1 aromatic heterocycles. The molecule has 234 valence electrons. The van der Waals surface area contributed by atoms with Crippen molar-refractivity contribution in [2.45, 2.75) is 32.6 Å². The van der Waals surface area contributed by atoms with Gasteiger partial charge in [0.2, 0.25) is 0 Å². The summed E-state index contributed by atoms with van der Waals surface area (Å²) in [7, 11) is 3.06. The SMILES string of the molecule is CC#CC(=O)Nc1ccccc1Nc1cc(N(C)C(=O)N(COCC[Si](C)(C)C)c2c(Cl)c(OC)cc(OC)c2Cl)ncn1. The molecule has 44 heavy (non-hydrogen) atoms. The number of hydrogen-bond acceptors (Lipinski definition) is 8. The van der Waals surface area contributed by atoms with Crippen molar-refractivity contribution in [1.82, 2.24) is 9.97 Å². The van der Waals surface area contributed by atoms with Gasteiger partial charge >= 0.3 is 6.03 Å².